The number of hydrogen-bond donors (Lipinski definition) is 2. The van der Waals surface area contributed by atoms with Crippen LogP contribution in [0.5, 0.6) is 0 Å². The summed E-state index contributed by atoms with van der Waals surface area (Å²) in [5, 5.41) is 5.65. The van der Waals surface area contributed by atoms with Crippen molar-refractivity contribution in [3.8, 4) is 0 Å². The third kappa shape index (κ3) is 2.52. The zero-order valence-electron chi connectivity index (χ0n) is 15.6. The molecule has 1 aromatic carbocycles. The normalized spacial score (nSPS) is 21.0. The smallest absolute Gasteiger partial charge is 0.313 e. The number of hydrogen-bond acceptors (Lipinski definition) is 5. The van der Waals surface area contributed by atoms with E-state index in [2.05, 4.69) is 10.6 Å². The molecule has 148 valence electrons. The molecule has 0 spiro atoms. The SMILES string of the molecule is CC[C@@H]1C(=O)OCc2c1cc1n(c2=O)CC2=Cc3cc(NC=O)c(F)cc3NC21. The zero-order valence-corrected chi connectivity index (χ0v) is 15.6. The van der Waals surface area contributed by atoms with Gasteiger partial charge in [-0.25, -0.2) is 4.39 Å². The number of cyclic esters (lactones) is 1. The van der Waals surface area contributed by atoms with E-state index in [-0.39, 0.29) is 29.9 Å². The fourth-order valence-electron chi connectivity index (χ4n) is 4.47. The standard InChI is InChI=1S/C21H18FN3O4/c1-2-12-13-5-18-19-11(7-25(18)20(27)14(13)8-29-21(12)28)3-10-4-17(23-9-26)15(22)6-16(10)24-19/h3-6,9,12,19,24H,2,7-8H2,1H3,(H,23,26)/t12-,19?/m0/s1. The van der Waals surface area contributed by atoms with E-state index in [1.807, 2.05) is 19.1 Å². The summed E-state index contributed by atoms with van der Waals surface area (Å²) in [7, 11) is 0. The summed E-state index contributed by atoms with van der Waals surface area (Å²) in [6.07, 6.45) is 2.90. The van der Waals surface area contributed by atoms with Gasteiger partial charge in [0.15, 0.2) is 0 Å². The number of esters is 1. The second kappa shape index (κ2) is 6.30. The molecule has 3 aliphatic rings. The van der Waals surface area contributed by atoms with E-state index in [9.17, 15) is 18.8 Å². The number of nitrogens with one attached hydrogen (secondary N) is 2. The van der Waals surface area contributed by atoms with Gasteiger partial charge in [-0.2, -0.15) is 0 Å². The minimum atomic E-state index is -0.546. The number of halogens is 1. The molecule has 8 heteroatoms. The molecule has 7 nitrogen and oxygen atoms in total. The number of fused-ring (bicyclic) bond motifs is 5. The second-order valence-corrected chi connectivity index (χ2v) is 7.44. The molecule has 29 heavy (non-hydrogen) atoms. The lowest BCUT2D eigenvalue weighted by Gasteiger charge is -2.26. The number of pyridine rings is 1. The maximum atomic E-state index is 14.2. The highest BCUT2D eigenvalue weighted by molar-refractivity contribution is 5.82. The van der Waals surface area contributed by atoms with E-state index in [1.165, 1.54) is 6.07 Å². The Kier molecular flexibility index (Phi) is 3.84. The van der Waals surface area contributed by atoms with Crippen LogP contribution < -0.4 is 16.2 Å². The summed E-state index contributed by atoms with van der Waals surface area (Å²) in [5.74, 6) is -1.30. The number of carbonyl (C=O) groups excluding carboxylic acids is 2. The predicted octanol–water partition coefficient (Wildman–Crippen LogP) is 2.67. The monoisotopic (exact) mass is 395 g/mol. The Morgan fingerprint density at radius 3 is 2.93 bits per heavy atom. The van der Waals surface area contributed by atoms with E-state index in [1.54, 1.807) is 10.6 Å². The first kappa shape index (κ1) is 17.7. The van der Waals surface area contributed by atoms with Gasteiger partial charge in [0.1, 0.15) is 12.4 Å². The van der Waals surface area contributed by atoms with E-state index < -0.39 is 11.7 Å². The number of ether oxygens (including phenoxy) is 1. The van der Waals surface area contributed by atoms with Crippen molar-refractivity contribution in [1.29, 1.82) is 0 Å². The van der Waals surface area contributed by atoms with Crippen LogP contribution in [0, 0.1) is 5.82 Å². The number of anilines is 2. The highest BCUT2D eigenvalue weighted by Crippen LogP contribution is 2.42. The Balaban J connectivity index is 1.62. The van der Waals surface area contributed by atoms with Crippen molar-refractivity contribution >= 4 is 29.8 Å². The second-order valence-electron chi connectivity index (χ2n) is 7.44. The maximum absolute atomic E-state index is 14.2. The third-order valence-corrected chi connectivity index (χ3v) is 5.90. The molecule has 1 aromatic heterocycles. The third-order valence-electron chi connectivity index (χ3n) is 5.90. The van der Waals surface area contributed by atoms with E-state index >= 15 is 0 Å². The summed E-state index contributed by atoms with van der Waals surface area (Å²) in [6.45, 7) is 2.28. The molecule has 1 amide bonds. The molecular formula is C21H18FN3O4. The minimum Gasteiger partial charge on any atom is -0.460 e. The molecule has 2 atom stereocenters. The summed E-state index contributed by atoms with van der Waals surface area (Å²) >= 11 is 0. The number of rotatable bonds is 3. The fraction of sp³-hybridized carbons (Fsp3) is 0.286. The van der Waals surface area contributed by atoms with E-state index in [4.69, 9.17) is 4.74 Å². The lowest BCUT2D eigenvalue weighted by atomic mass is 9.89. The summed E-state index contributed by atoms with van der Waals surface area (Å²) < 4.78 is 21.1. The number of nitrogens with zero attached hydrogens (tertiary/aromatic N) is 1. The zero-order chi connectivity index (χ0) is 20.3. The van der Waals surface area contributed by atoms with Crippen LogP contribution in [0.3, 0.4) is 0 Å². The highest BCUT2D eigenvalue weighted by Gasteiger charge is 2.37. The van der Waals surface area contributed by atoms with Crippen molar-refractivity contribution in [1.82, 2.24) is 4.57 Å². The van der Waals surface area contributed by atoms with Crippen LogP contribution in [-0.4, -0.2) is 16.9 Å². The van der Waals surface area contributed by atoms with Crippen LogP contribution in [0.25, 0.3) is 6.08 Å². The molecule has 3 aliphatic heterocycles. The molecular weight excluding hydrogens is 377 g/mol. The van der Waals surface area contributed by atoms with Gasteiger partial charge in [-0.15, -0.1) is 0 Å². The first-order chi connectivity index (χ1) is 14.0. The van der Waals surface area contributed by atoms with E-state index in [0.29, 0.717) is 30.6 Å². The molecule has 0 bridgehead atoms. The topological polar surface area (TPSA) is 89.4 Å². The Hall–Kier alpha value is -3.42. The molecule has 0 radical (unpaired) electrons. The van der Waals surface area contributed by atoms with Crippen molar-refractivity contribution in [2.24, 2.45) is 0 Å². The highest BCUT2D eigenvalue weighted by atomic mass is 19.1. The van der Waals surface area contributed by atoms with Gasteiger partial charge in [0.25, 0.3) is 5.56 Å². The predicted molar refractivity (Wildman–Crippen MR) is 104 cm³/mol. The molecule has 1 unspecified atom stereocenters. The largest absolute Gasteiger partial charge is 0.460 e. The molecule has 2 aromatic rings. The Bertz CT molecular complexity index is 1170. The van der Waals surface area contributed by atoms with Gasteiger partial charge in [-0.05, 0) is 47.4 Å². The van der Waals surface area contributed by atoms with Crippen LogP contribution >= 0.6 is 0 Å². The average molecular weight is 395 g/mol. The van der Waals surface area contributed by atoms with Crippen molar-refractivity contribution in [3.05, 3.63) is 62.3 Å². The molecule has 0 saturated heterocycles. The lowest BCUT2D eigenvalue weighted by Crippen LogP contribution is -2.33. The first-order valence-electron chi connectivity index (χ1n) is 9.45. The quantitative estimate of drug-likeness (QED) is 0.616. The average Bonchev–Trinajstić information content (AvgIpc) is 3.05. The number of aromatic nitrogens is 1. The summed E-state index contributed by atoms with van der Waals surface area (Å²) in [4.78, 5) is 35.9. The Morgan fingerprint density at radius 1 is 1.34 bits per heavy atom. The van der Waals surface area contributed by atoms with E-state index in [0.717, 1.165) is 22.4 Å². The van der Waals surface area contributed by atoms with Gasteiger partial charge in [0, 0.05) is 17.9 Å². The van der Waals surface area contributed by atoms with Crippen LogP contribution in [0.1, 0.15) is 47.7 Å². The molecule has 4 heterocycles. The van der Waals surface area contributed by atoms with Gasteiger partial charge in [-0.3, -0.25) is 14.4 Å². The van der Waals surface area contributed by atoms with Crippen molar-refractivity contribution in [2.45, 2.75) is 38.5 Å². The Morgan fingerprint density at radius 2 is 2.17 bits per heavy atom. The fourth-order valence-corrected chi connectivity index (χ4v) is 4.47. The van der Waals surface area contributed by atoms with Crippen LogP contribution in [-0.2, 0) is 27.5 Å². The van der Waals surface area contributed by atoms with Gasteiger partial charge in [-0.1, -0.05) is 6.92 Å². The first-order valence-corrected chi connectivity index (χ1v) is 9.45. The van der Waals surface area contributed by atoms with Gasteiger partial charge in [0.05, 0.1) is 23.2 Å². The molecule has 5 rings (SSSR count). The Labute approximate surface area is 165 Å². The van der Waals surface area contributed by atoms with Crippen LogP contribution in [0.15, 0.2) is 28.6 Å². The maximum Gasteiger partial charge on any atom is 0.313 e. The van der Waals surface area contributed by atoms with Crippen molar-refractivity contribution in [3.63, 3.8) is 0 Å². The number of benzene rings is 1. The van der Waals surface area contributed by atoms with Crippen LogP contribution in [0.4, 0.5) is 15.8 Å². The van der Waals surface area contributed by atoms with Gasteiger partial charge < -0.3 is 19.9 Å². The van der Waals surface area contributed by atoms with Crippen molar-refractivity contribution < 1.29 is 18.7 Å². The lowest BCUT2D eigenvalue weighted by molar-refractivity contribution is -0.148. The molecule has 2 N–H and O–H groups in total. The number of carbonyl (C=O) groups is 2. The van der Waals surface area contributed by atoms with Crippen LogP contribution in [0.2, 0.25) is 0 Å². The van der Waals surface area contributed by atoms with Crippen molar-refractivity contribution in [2.75, 3.05) is 10.6 Å². The van der Waals surface area contributed by atoms with Gasteiger partial charge in [0.2, 0.25) is 6.41 Å². The molecule has 0 fully saturated rings. The minimum absolute atomic E-state index is 0.00686. The summed E-state index contributed by atoms with van der Waals surface area (Å²) in [5.41, 5.74) is 4.23. The number of amides is 1. The summed E-state index contributed by atoms with van der Waals surface area (Å²) in [6, 6.07) is 4.53. The molecule has 0 aliphatic carbocycles. The van der Waals surface area contributed by atoms with Gasteiger partial charge >= 0.3 is 5.97 Å². The molecule has 0 saturated carbocycles.